The van der Waals surface area contributed by atoms with Gasteiger partial charge >= 0.3 is 0 Å². The minimum Gasteiger partial charge on any atom is -0.409 e. The van der Waals surface area contributed by atoms with Crippen LogP contribution in [0.4, 0.5) is 5.69 Å². The maximum Gasteiger partial charge on any atom is 0.188 e. The second kappa shape index (κ2) is 6.66. The molecule has 0 saturated carbocycles. The number of aliphatic hydroxyl groups excluding tert-OH is 2. The fourth-order valence-corrected chi connectivity index (χ4v) is 1.39. The summed E-state index contributed by atoms with van der Waals surface area (Å²) in [6.45, 7) is 0.792. The van der Waals surface area contributed by atoms with Crippen molar-refractivity contribution in [3.8, 4) is 0 Å². The standard InChI is InChI=1S/C10H16N4O3/c11-10(13-17)9-2-1-8(7-12-9)14(3-5-15)4-6-16/h1-2,7,15-17H,3-6H2,(H2,11,13). The number of hydrogen-bond donors (Lipinski definition) is 4. The Bertz CT molecular complexity index is 360. The fourth-order valence-electron chi connectivity index (χ4n) is 1.39. The SMILES string of the molecule is N/C(=N/O)c1ccc(N(CCO)CCO)cn1. The Balaban J connectivity index is 2.83. The van der Waals surface area contributed by atoms with Gasteiger partial charge in [0.1, 0.15) is 5.69 Å². The van der Waals surface area contributed by atoms with Gasteiger partial charge < -0.3 is 26.1 Å². The van der Waals surface area contributed by atoms with Gasteiger partial charge in [-0.2, -0.15) is 0 Å². The van der Waals surface area contributed by atoms with Crippen molar-refractivity contribution in [3.63, 3.8) is 0 Å². The topological polar surface area (TPSA) is 115 Å². The van der Waals surface area contributed by atoms with E-state index in [0.29, 0.717) is 18.8 Å². The zero-order chi connectivity index (χ0) is 12.7. The average Bonchev–Trinajstić information content (AvgIpc) is 2.38. The van der Waals surface area contributed by atoms with Crippen molar-refractivity contribution in [2.45, 2.75) is 0 Å². The summed E-state index contributed by atoms with van der Waals surface area (Å²) in [4.78, 5) is 5.79. The Morgan fingerprint density at radius 3 is 2.35 bits per heavy atom. The van der Waals surface area contributed by atoms with E-state index in [4.69, 9.17) is 21.2 Å². The molecule has 1 aromatic rings. The molecule has 7 heteroatoms. The molecule has 0 fully saturated rings. The quantitative estimate of drug-likeness (QED) is 0.219. The molecule has 94 valence electrons. The van der Waals surface area contributed by atoms with Gasteiger partial charge in [0.15, 0.2) is 5.84 Å². The third-order valence-electron chi connectivity index (χ3n) is 2.22. The van der Waals surface area contributed by atoms with Crippen LogP contribution in [0.3, 0.4) is 0 Å². The summed E-state index contributed by atoms with van der Waals surface area (Å²) in [6.07, 6.45) is 1.54. The average molecular weight is 240 g/mol. The van der Waals surface area contributed by atoms with Crippen LogP contribution in [0.15, 0.2) is 23.5 Å². The van der Waals surface area contributed by atoms with Gasteiger partial charge in [-0.15, -0.1) is 0 Å². The molecule has 0 spiro atoms. The summed E-state index contributed by atoms with van der Waals surface area (Å²) in [7, 11) is 0. The van der Waals surface area contributed by atoms with Crippen LogP contribution in [0.1, 0.15) is 5.69 Å². The molecule has 0 bridgehead atoms. The minimum atomic E-state index is -0.0626. The molecule has 17 heavy (non-hydrogen) atoms. The Labute approximate surface area is 98.8 Å². The van der Waals surface area contributed by atoms with Crippen molar-refractivity contribution < 1.29 is 15.4 Å². The first-order valence-electron chi connectivity index (χ1n) is 5.13. The third kappa shape index (κ3) is 3.58. The first kappa shape index (κ1) is 13.2. The van der Waals surface area contributed by atoms with Crippen molar-refractivity contribution in [2.24, 2.45) is 10.9 Å². The lowest BCUT2D eigenvalue weighted by Crippen LogP contribution is -2.29. The molecule has 7 nitrogen and oxygen atoms in total. The summed E-state index contributed by atoms with van der Waals surface area (Å²) in [6, 6.07) is 3.33. The lowest BCUT2D eigenvalue weighted by molar-refractivity contribution is 0.281. The lowest BCUT2D eigenvalue weighted by Gasteiger charge is -2.22. The van der Waals surface area contributed by atoms with Crippen LogP contribution in [-0.4, -0.2) is 52.5 Å². The molecule has 1 aromatic heterocycles. The van der Waals surface area contributed by atoms with Gasteiger partial charge in [-0.25, -0.2) is 0 Å². The Morgan fingerprint density at radius 2 is 1.94 bits per heavy atom. The highest BCUT2D eigenvalue weighted by Gasteiger charge is 2.07. The molecule has 1 rings (SSSR count). The van der Waals surface area contributed by atoms with Gasteiger partial charge in [0.05, 0.1) is 25.1 Å². The first-order valence-corrected chi connectivity index (χ1v) is 5.13. The highest BCUT2D eigenvalue weighted by molar-refractivity contribution is 5.95. The maximum absolute atomic E-state index is 8.89. The van der Waals surface area contributed by atoms with Crippen LogP contribution in [0, 0.1) is 0 Å². The zero-order valence-corrected chi connectivity index (χ0v) is 9.32. The van der Waals surface area contributed by atoms with Crippen LogP contribution in [0.5, 0.6) is 0 Å². The molecule has 1 heterocycles. The van der Waals surface area contributed by atoms with Crippen molar-refractivity contribution in [1.82, 2.24) is 4.98 Å². The number of nitrogens with two attached hydrogens (primary N) is 1. The number of rotatable bonds is 6. The number of anilines is 1. The minimum absolute atomic E-state index is 0.0119. The third-order valence-corrected chi connectivity index (χ3v) is 2.22. The molecule has 0 saturated heterocycles. The Kier molecular flexibility index (Phi) is 5.18. The number of aliphatic hydroxyl groups is 2. The first-order chi connectivity index (χ1) is 8.22. The van der Waals surface area contributed by atoms with Crippen molar-refractivity contribution in [1.29, 1.82) is 0 Å². The van der Waals surface area contributed by atoms with Crippen LogP contribution >= 0.6 is 0 Å². The number of nitrogens with zero attached hydrogens (tertiary/aromatic N) is 3. The van der Waals surface area contributed by atoms with Gasteiger partial charge in [-0.3, -0.25) is 4.98 Å². The van der Waals surface area contributed by atoms with Crippen molar-refractivity contribution in [3.05, 3.63) is 24.0 Å². The molecule has 0 amide bonds. The largest absolute Gasteiger partial charge is 0.409 e. The smallest absolute Gasteiger partial charge is 0.188 e. The van der Waals surface area contributed by atoms with Crippen LogP contribution in [-0.2, 0) is 0 Å². The molecule has 0 unspecified atom stereocenters. The molecule has 0 aliphatic rings. The summed E-state index contributed by atoms with van der Waals surface area (Å²) in [5, 5.41) is 29.1. The zero-order valence-electron chi connectivity index (χ0n) is 9.32. The van der Waals surface area contributed by atoms with Crippen molar-refractivity contribution >= 4 is 11.5 Å². The van der Waals surface area contributed by atoms with Gasteiger partial charge in [0.2, 0.25) is 0 Å². The molecule has 0 atom stereocenters. The van der Waals surface area contributed by atoms with Crippen LogP contribution in [0.25, 0.3) is 0 Å². The summed E-state index contributed by atoms with van der Waals surface area (Å²) in [5.74, 6) is -0.0626. The molecular formula is C10H16N4O3. The molecule has 5 N–H and O–H groups in total. The summed E-state index contributed by atoms with van der Waals surface area (Å²) in [5.41, 5.74) is 6.50. The van der Waals surface area contributed by atoms with Crippen LogP contribution in [0.2, 0.25) is 0 Å². The second-order valence-corrected chi connectivity index (χ2v) is 3.32. The van der Waals surface area contributed by atoms with E-state index in [0.717, 1.165) is 5.69 Å². The van der Waals surface area contributed by atoms with E-state index in [1.165, 1.54) is 0 Å². The monoisotopic (exact) mass is 240 g/mol. The Hall–Kier alpha value is -1.86. The summed E-state index contributed by atoms with van der Waals surface area (Å²) < 4.78 is 0. The second-order valence-electron chi connectivity index (χ2n) is 3.32. The summed E-state index contributed by atoms with van der Waals surface area (Å²) >= 11 is 0. The van der Waals surface area contributed by atoms with Gasteiger partial charge in [-0.1, -0.05) is 5.16 Å². The number of amidine groups is 1. The normalized spacial score (nSPS) is 11.5. The van der Waals surface area contributed by atoms with E-state index in [-0.39, 0.29) is 19.0 Å². The number of oxime groups is 1. The van der Waals surface area contributed by atoms with Gasteiger partial charge in [0, 0.05) is 13.1 Å². The molecule has 0 aromatic carbocycles. The van der Waals surface area contributed by atoms with E-state index in [1.807, 2.05) is 0 Å². The van der Waals surface area contributed by atoms with E-state index in [2.05, 4.69) is 10.1 Å². The highest BCUT2D eigenvalue weighted by Crippen LogP contribution is 2.12. The van der Waals surface area contributed by atoms with Gasteiger partial charge in [0.25, 0.3) is 0 Å². The van der Waals surface area contributed by atoms with Gasteiger partial charge in [-0.05, 0) is 12.1 Å². The number of aromatic nitrogens is 1. The molecule has 0 aliphatic carbocycles. The number of hydrogen-bond acceptors (Lipinski definition) is 6. The molecule has 0 radical (unpaired) electrons. The predicted molar refractivity (Wildman–Crippen MR) is 63.1 cm³/mol. The molecular weight excluding hydrogens is 224 g/mol. The maximum atomic E-state index is 8.89. The highest BCUT2D eigenvalue weighted by atomic mass is 16.4. The van der Waals surface area contributed by atoms with E-state index < -0.39 is 0 Å². The van der Waals surface area contributed by atoms with E-state index in [9.17, 15) is 0 Å². The number of pyridine rings is 1. The van der Waals surface area contributed by atoms with Crippen LogP contribution < -0.4 is 10.6 Å². The van der Waals surface area contributed by atoms with E-state index in [1.54, 1.807) is 23.2 Å². The van der Waals surface area contributed by atoms with E-state index >= 15 is 0 Å². The predicted octanol–water partition coefficient (Wildman–Crippen LogP) is -1.03. The molecule has 0 aliphatic heterocycles. The fraction of sp³-hybridized carbons (Fsp3) is 0.400. The van der Waals surface area contributed by atoms with Crippen molar-refractivity contribution in [2.75, 3.05) is 31.2 Å². The lowest BCUT2D eigenvalue weighted by atomic mass is 10.3. The Morgan fingerprint density at radius 1 is 1.29 bits per heavy atom.